The van der Waals surface area contributed by atoms with E-state index in [1.807, 2.05) is 60.7 Å². The van der Waals surface area contributed by atoms with Crippen LogP contribution in [0.3, 0.4) is 0 Å². The third-order valence-corrected chi connectivity index (χ3v) is 7.71. The number of ether oxygens (including phenoxy) is 2. The maximum absolute atomic E-state index is 14.0. The largest absolute Gasteiger partial charge is 0.465 e. The maximum atomic E-state index is 14.0. The molecule has 0 bridgehead atoms. The lowest BCUT2D eigenvalue weighted by atomic mass is 9.90. The number of thiophene rings is 1. The van der Waals surface area contributed by atoms with Gasteiger partial charge in [-0.05, 0) is 37.1 Å². The van der Waals surface area contributed by atoms with Crippen molar-refractivity contribution in [3.05, 3.63) is 82.2 Å². The molecule has 0 N–H and O–H groups in total. The Morgan fingerprint density at radius 3 is 2.24 bits per heavy atom. The van der Waals surface area contributed by atoms with Crippen LogP contribution in [0.2, 0.25) is 0 Å². The smallest absolute Gasteiger partial charge is 0.348 e. The molecule has 3 atom stereocenters. The Kier molecular flexibility index (Phi) is 6.53. The molecular weight excluding hydrogens is 496 g/mol. The second-order valence-electron chi connectivity index (χ2n) is 8.53. The molecule has 2 saturated heterocycles. The molecule has 3 heterocycles. The summed E-state index contributed by atoms with van der Waals surface area (Å²) in [5.74, 6) is -3.42. The van der Waals surface area contributed by atoms with Crippen molar-refractivity contribution in [2.75, 3.05) is 23.7 Å². The van der Waals surface area contributed by atoms with E-state index < -0.39 is 41.8 Å². The Morgan fingerprint density at radius 2 is 1.62 bits per heavy atom. The summed E-state index contributed by atoms with van der Waals surface area (Å²) in [6.07, 6.45) is -1.11. The zero-order valence-corrected chi connectivity index (χ0v) is 21.2. The second-order valence-corrected chi connectivity index (χ2v) is 9.53. The summed E-state index contributed by atoms with van der Waals surface area (Å²) in [6, 6.07) is 18.0. The summed E-state index contributed by atoms with van der Waals surface area (Å²) in [5.41, 5.74) is 1.76. The molecule has 3 aromatic rings. The van der Waals surface area contributed by atoms with Crippen LogP contribution < -0.4 is 9.96 Å². The SMILES string of the molecule is CCOC(=O)c1sc(N2C(=O)[C@@H]3[C@@H](ON(c4ccccc4)[C@H]3c3ccccc3)C2=O)c(C(=O)OC)c1C. The number of nitrogens with zero attached hydrogens (tertiary/aromatic N) is 2. The van der Waals surface area contributed by atoms with Crippen LogP contribution in [0.1, 0.15) is 44.1 Å². The molecule has 2 aromatic carbocycles. The van der Waals surface area contributed by atoms with Gasteiger partial charge in [-0.25, -0.2) is 19.6 Å². The number of para-hydroxylation sites is 1. The molecule has 0 spiro atoms. The van der Waals surface area contributed by atoms with Crippen LogP contribution in [-0.4, -0.2) is 43.6 Å². The molecule has 2 amide bonds. The van der Waals surface area contributed by atoms with E-state index in [-0.39, 0.29) is 27.6 Å². The van der Waals surface area contributed by atoms with E-state index in [1.165, 1.54) is 7.11 Å². The zero-order valence-electron chi connectivity index (χ0n) is 20.4. The lowest BCUT2D eigenvalue weighted by molar-refractivity contribution is -0.126. The number of carbonyl (C=O) groups is 4. The molecule has 2 aliphatic heterocycles. The van der Waals surface area contributed by atoms with E-state index in [4.69, 9.17) is 14.3 Å². The van der Waals surface area contributed by atoms with Crippen molar-refractivity contribution in [3.63, 3.8) is 0 Å². The minimum absolute atomic E-state index is 0.0200. The Morgan fingerprint density at radius 1 is 0.973 bits per heavy atom. The number of hydrogen-bond acceptors (Lipinski definition) is 9. The number of hydrogen-bond donors (Lipinski definition) is 0. The van der Waals surface area contributed by atoms with Crippen LogP contribution >= 0.6 is 11.3 Å². The first-order chi connectivity index (χ1) is 17.9. The number of anilines is 2. The molecule has 0 radical (unpaired) electrons. The fourth-order valence-electron chi connectivity index (χ4n) is 4.79. The lowest BCUT2D eigenvalue weighted by Gasteiger charge is -2.28. The van der Waals surface area contributed by atoms with Gasteiger partial charge < -0.3 is 9.47 Å². The van der Waals surface area contributed by atoms with Crippen LogP contribution in [0.5, 0.6) is 0 Å². The van der Waals surface area contributed by atoms with E-state index >= 15 is 0 Å². The van der Waals surface area contributed by atoms with Crippen LogP contribution in [0.4, 0.5) is 10.7 Å². The van der Waals surface area contributed by atoms with Gasteiger partial charge in [-0.15, -0.1) is 11.3 Å². The second kappa shape index (κ2) is 9.79. The molecule has 0 unspecified atom stereocenters. The molecule has 37 heavy (non-hydrogen) atoms. The van der Waals surface area contributed by atoms with Gasteiger partial charge >= 0.3 is 11.9 Å². The first-order valence-electron chi connectivity index (χ1n) is 11.7. The number of rotatable bonds is 6. The minimum atomic E-state index is -1.11. The molecule has 190 valence electrons. The van der Waals surface area contributed by atoms with E-state index in [1.54, 1.807) is 18.9 Å². The van der Waals surface area contributed by atoms with E-state index in [0.717, 1.165) is 21.8 Å². The van der Waals surface area contributed by atoms with Crippen molar-refractivity contribution in [1.29, 1.82) is 0 Å². The predicted octanol–water partition coefficient (Wildman–Crippen LogP) is 4.07. The maximum Gasteiger partial charge on any atom is 0.348 e. The van der Waals surface area contributed by atoms with Gasteiger partial charge in [0.05, 0.1) is 31.0 Å². The van der Waals surface area contributed by atoms with E-state index in [9.17, 15) is 19.2 Å². The summed E-state index contributed by atoms with van der Waals surface area (Å²) in [5, 5.41) is 1.63. The quantitative estimate of drug-likeness (QED) is 0.354. The van der Waals surface area contributed by atoms with E-state index in [0.29, 0.717) is 5.69 Å². The third kappa shape index (κ3) is 3.98. The van der Waals surface area contributed by atoms with Crippen molar-refractivity contribution >= 4 is 45.8 Å². The Balaban J connectivity index is 1.60. The van der Waals surface area contributed by atoms with Crippen LogP contribution in [0.15, 0.2) is 60.7 Å². The highest BCUT2D eigenvalue weighted by Crippen LogP contribution is 2.49. The van der Waals surface area contributed by atoms with Crippen LogP contribution in [0, 0.1) is 12.8 Å². The van der Waals surface area contributed by atoms with Gasteiger partial charge in [0.15, 0.2) is 6.10 Å². The Labute approximate surface area is 217 Å². The van der Waals surface area contributed by atoms with Gasteiger partial charge in [-0.2, -0.15) is 0 Å². The number of hydroxylamine groups is 1. The number of methoxy groups -OCH3 is 1. The van der Waals surface area contributed by atoms with Crippen molar-refractivity contribution in [3.8, 4) is 0 Å². The van der Waals surface area contributed by atoms with Crippen molar-refractivity contribution < 1.29 is 33.5 Å². The highest BCUT2D eigenvalue weighted by atomic mass is 32.1. The predicted molar refractivity (Wildman–Crippen MR) is 135 cm³/mol. The number of fused-ring (bicyclic) bond motifs is 1. The number of benzene rings is 2. The number of carbonyl (C=O) groups excluding carboxylic acids is 4. The standard InChI is InChI=1S/C27H24N2O7S/c1-4-35-27(33)22-15(2)18(26(32)34-3)25(37-22)28-23(30)19-20(16-11-7-5-8-12-16)29(36-21(19)24(28)31)17-13-9-6-10-14-17/h5-14,19-21H,4H2,1-3H3/t19-,20-,21+/m0/s1. The highest BCUT2D eigenvalue weighted by Gasteiger charge is 2.61. The molecule has 2 fully saturated rings. The normalized spacial score (nSPS) is 20.8. The fourth-order valence-corrected chi connectivity index (χ4v) is 5.99. The Bertz CT molecular complexity index is 1370. The molecule has 2 aliphatic rings. The molecule has 9 nitrogen and oxygen atoms in total. The molecule has 1 aromatic heterocycles. The lowest BCUT2D eigenvalue weighted by Crippen LogP contribution is -2.37. The summed E-state index contributed by atoms with van der Waals surface area (Å²) < 4.78 is 10.0. The van der Waals surface area contributed by atoms with Gasteiger partial charge in [0.25, 0.3) is 5.91 Å². The summed E-state index contributed by atoms with van der Waals surface area (Å²) in [6.45, 7) is 3.36. The summed E-state index contributed by atoms with van der Waals surface area (Å²) >= 11 is 0.855. The number of esters is 2. The highest BCUT2D eigenvalue weighted by molar-refractivity contribution is 7.19. The average molecular weight is 521 g/mol. The Hall–Kier alpha value is -4.02. The molecule has 10 heteroatoms. The van der Waals surface area contributed by atoms with Gasteiger partial charge in [-0.3, -0.25) is 14.4 Å². The van der Waals surface area contributed by atoms with Gasteiger partial charge in [0, 0.05) is 0 Å². The van der Waals surface area contributed by atoms with Gasteiger partial charge in [-0.1, -0.05) is 48.5 Å². The average Bonchev–Trinajstić information content (AvgIpc) is 3.55. The monoisotopic (exact) mass is 520 g/mol. The van der Waals surface area contributed by atoms with Crippen LogP contribution in [-0.2, 0) is 23.9 Å². The third-order valence-electron chi connectivity index (χ3n) is 6.45. The first kappa shape index (κ1) is 24.7. The van der Waals surface area contributed by atoms with E-state index in [2.05, 4.69) is 0 Å². The van der Waals surface area contributed by atoms with Crippen molar-refractivity contribution in [2.45, 2.75) is 26.0 Å². The number of amides is 2. The first-order valence-corrected chi connectivity index (χ1v) is 12.5. The summed E-state index contributed by atoms with van der Waals surface area (Å²) in [4.78, 5) is 60.2. The molecular formula is C27H24N2O7S. The van der Waals surface area contributed by atoms with Crippen LogP contribution in [0.25, 0.3) is 0 Å². The minimum Gasteiger partial charge on any atom is -0.465 e. The topological polar surface area (TPSA) is 102 Å². The molecule has 0 saturated carbocycles. The summed E-state index contributed by atoms with van der Waals surface area (Å²) in [7, 11) is 1.20. The number of imide groups is 1. The zero-order chi connectivity index (χ0) is 26.3. The van der Waals surface area contributed by atoms with Crippen molar-refractivity contribution in [1.82, 2.24) is 0 Å². The fraction of sp³-hybridized carbons (Fsp3) is 0.259. The van der Waals surface area contributed by atoms with Gasteiger partial charge in [0.1, 0.15) is 15.8 Å². The van der Waals surface area contributed by atoms with Gasteiger partial charge in [0.2, 0.25) is 5.91 Å². The van der Waals surface area contributed by atoms with Crippen molar-refractivity contribution in [2.24, 2.45) is 5.92 Å². The molecule has 0 aliphatic carbocycles. The molecule has 5 rings (SSSR count).